The molecule has 1 aliphatic heterocycles. The van der Waals surface area contributed by atoms with Gasteiger partial charge >= 0.3 is 6.03 Å². The quantitative estimate of drug-likeness (QED) is 0.907. The van der Waals surface area contributed by atoms with Gasteiger partial charge in [-0.05, 0) is 33.9 Å². The number of rotatable bonds is 4. The Balaban J connectivity index is 1.65. The molecule has 1 saturated carbocycles. The largest absolute Gasteiger partial charge is 0.371 e. The van der Waals surface area contributed by atoms with Crippen molar-refractivity contribution in [1.82, 2.24) is 20.3 Å². The zero-order chi connectivity index (χ0) is 17.2. The van der Waals surface area contributed by atoms with E-state index in [4.69, 9.17) is 9.26 Å². The van der Waals surface area contributed by atoms with E-state index >= 15 is 0 Å². The van der Waals surface area contributed by atoms with Crippen LogP contribution in [0.25, 0.3) is 0 Å². The van der Waals surface area contributed by atoms with Crippen molar-refractivity contribution in [2.75, 3.05) is 33.8 Å². The summed E-state index contributed by atoms with van der Waals surface area (Å²) in [5, 5.41) is 6.82. The van der Waals surface area contributed by atoms with Gasteiger partial charge in [0.05, 0.1) is 37.0 Å². The Bertz CT molecular complexity index is 566. The second kappa shape index (κ2) is 7.11. The van der Waals surface area contributed by atoms with Crippen molar-refractivity contribution >= 4 is 6.03 Å². The number of nitrogens with one attached hydrogen (secondary N) is 1. The van der Waals surface area contributed by atoms with Crippen LogP contribution in [0.5, 0.6) is 0 Å². The highest BCUT2D eigenvalue weighted by Gasteiger charge is 2.44. The third kappa shape index (κ3) is 3.89. The summed E-state index contributed by atoms with van der Waals surface area (Å²) in [6.45, 7) is 4.30. The second-order valence-electron chi connectivity index (χ2n) is 7.34. The predicted molar refractivity (Wildman–Crippen MR) is 89.7 cm³/mol. The Hall–Kier alpha value is -1.60. The maximum atomic E-state index is 12.8. The number of aryl methyl sites for hydroxylation is 1. The summed E-state index contributed by atoms with van der Waals surface area (Å²) >= 11 is 0. The van der Waals surface area contributed by atoms with E-state index in [1.54, 1.807) is 0 Å². The predicted octanol–water partition coefficient (Wildman–Crippen LogP) is 1.77. The molecule has 134 valence electrons. The number of carbonyl (C=O) groups is 1. The second-order valence-corrected chi connectivity index (χ2v) is 7.34. The molecule has 1 saturated heterocycles. The molecule has 7 nitrogen and oxygen atoms in total. The summed E-state index contributed by atoms with van der Waals surface area (Å²) in [6.07, 6.45) is 4.47. The van der Waals surface area contributed by atoms with E-state index < -0.39 is 0 Å². The summed E-state index contributed by atoms with van der Waals surface area (Å²) in [6, 6.07) is 1.86. The minimum absolute atomic E-state index is 0.0505. The monoisotopic (exact) mass is 336 g/mol. The number of nitrogens with zero attached hydrogens (tertiary/aromatic N) is 3. The normalized spacial score (nSPS) is 23.2. The Kier molecular flexibility index (Phi) is 5.10. The van der Waals surface area contributed by atoms with Crippen LogP contribution in [0, 0.1) is 6.92 Å². The standard InChI is InChI=1S/C17H28N4O3/c1-13-8-15(24-19-13)9-18-16(22)21-12-17(6-4-5-7-17)23-11-14(21)10-20(2)3/h8,14H,4-7,9-12H2,1-3H3,(H,18,22). The van der Waals surface area contributed by atoms with E-state index in [1.165, 1.54) is 12.8 Å². The number of amides is 2. The van der Waals surface area contributed by atoms with Crippen molar-refractivity contribution in [1.29, 1.82) is 0 Å². The third-order valence-electron chi connectivity index (χ3n) is 4.92. The number of aromatic nitrogens is 1. The highest BCUT2D eigenvalue weighted by molar-refractivity contribution is 5.74. The summed E-state index contributed by atoms with van der Waals surface area (Å²) in [4.78, 5) is 16.8. The van der Waals surface area contributed by atoms with Gasteiger partial charge in [0.2, 0.25) is 0 Å². The van der Waals surface area contributed by atoms with E-state index in [0.29, 0.717) is 25.5 Å². The van der Waals surface area contributed by atoms with E-state index in [2.05, 4.69) is 15.4 Å². The van der Waals surface area contributed by atoms with E-state index in [1.807, 2.05) is 32.0 Å². The maximum Gasteiger partial charge on any atom is 0.318 e. The smallest absolute Gasteiger partial charge is 0.318 e. The molecule has 3 rings (SSSR count). The maximum absolute atomic E-state index is 12.8. The number of carbonyl (C=O) groups excluding carboxylic acids is 1. The molecule has 1 N–H and O–H groups in total. The van der Waals surface area contributed by atoms with Crippen molar-refractivity contribution in [2.24, 2.45) is 0 Å². The van der Waals surface area contributed by atoms with Gasteiger partial charge < -0.3 is 24.4 Å². The number of ether oxygens (including phenoxy) is 1. The van der Waals surface area contributed by atoms with Gasteiger partial charge in [-0.3, -0.25) is 0 Å². The van der Waals surface area contributed by atoms with Gasteiger partial charge in [-0.25, -0.2) is 4.79 Å². The van der Waals surface area contributed by atoms with Crippen LogP contribution in [0.15, 0.2) is 10.6 Å². The highest BCUT2D eigenvalue weighted by atomic mass is 16.5. The zero-order valence-corrected chi connectivity index (χ0v) is 14.9. The summed E-state index contributed by atoms with van der Waals surface area (Å²) in [5.74, 6) is 0.675. The fraction of sp³-hybridized carbons (Fsp3) is 0.765. The molecular weight excluding hydrogens is 308 g/mol. The Labute approximate surface area is 143 Å². The van der Waals surface area contributed by atoms with Gasteiger partial charge in [-0.15, -0.1) is 0 Å². The molecule has 0 aromatic carbocycles. The SMILES string of the molecule is Cc1cc(CNC(=O)N2CC3(CCCC3)OCC2CN(C)C)on1. The van der Waals surface area contributed by atoms with Crippen molar-refractivity contribution in [3.05, 3.63) is 17.5 Å². The first-order valence-corrected chi connectivity index (χ1v) is 8.73. The van der Waals surface area contributed by atoms with Gasteiger partial charge in [0.1, 0.15) is 0 Å². The fourth-order valence-electron chi connectivity index (χ4n) is 3.74. The lowest BCUT2D eigenvalue weighted by atomic mass is 9.97. The van der Waals surface area contributed by atoms with Crippen LogP contribution in [0.3, 0.4) is 0 Å². The summed E-state index contributed by atoms with van der Waals surface area (Å²) in [5.41, 5.74) is 0.684. The molecule has 0 radical (unpaired) electrons. The number of likely N-dealkylation sites (N-methyl/N-ethyl adjacent to an activating group) is 1. The van der Waals surface area contributed by atoms with Crippen molar-refractivity contribution in [3.63, 3.8) is 0 Å². The third-order valence-corrected chi connectivity index (χ3v) is 4.92. The number of urea groups is 1. The molecule has 1 aliphatic carbocycles. The lowest BCUT2D eigenvalue weighted by Gasteiger charge is -2.46. The van der Waals surface area contributed by atoms with Crippen LogP contribution in [0.1, 0.15) is 37.1 Å². The average Bonchev–Trinajstić information content (AvgIpc) is 3.16. The molecule has 2 heterocycles. The Morgan fingerprint density at radius 2 is 2.21 bits per heavy atom. The minimum atomic E-state index is -0.136. The van der Waals surface area contributed by atoms with E-state index in [-0.39, 0.29) is 17.7 Å². The van der Waals surface area contributed by atoms with Crippen LogP contribution in [0.4, 0.5) is 4.79 Å². The van der Waals surface area contributed by atoms with Crippen molar-refractivity contribution in [3.8, 4) is 0 Å². The molecule has 1 unspecified atom stereocenters. The molecule has 2 fully saturated rings. The summed E-state index contributed by atoms with van der Waals surface area (Å²) < 4.78 is 11.4. The summed E-state index contributed by atoms with van der Waals surface area (Å²) in [7, 11) is 4.04. The molecule has 7 heteroatoms. The van der Waals surface area contributed by atoms with Gasteiger partial charge in [-0.2, -0.15) is 0 Å². The molecule has 1 aromatic rings. The van der Waals surface area contributed by atoms with Gasteiger partial charge in [0.15, 0.2) is 5.76 Å². The number of morpholine rings is 1. The van der Waals surface area contributed by atoms with Crippen LogP contribution in [-0.2, 0) is 11.3 Å². The number of hydrogen-bond donors (Lipinski definition) is 1. The molecule has 1 spiro atoms. The first-order chi connectivity index (χ1) is 11.5. The molecular formula is C17H28N4O3. The topological polar surface area (TPSA) is 70.8 Å². The fourth-order valence-corrected chi connectivity index (χ4v) is 3.74. The van der Waals surface area contributed by atoms with E-state index in [9.17, 15) is 4.79 Å². The van der Waals surface area contributed by atoms with Gasteiger partial charge in [0.25, 0.3) is 0 Å². The van der Waals surface area contributed by atoms with Crippen LogP contribution < -0.4 is 5.32 Å². The van der Waals surface area contributed by atoms with Crippen molar-refractivity contribution < 1.29 is 14.1 Å². The van der Waals surface area contributed by atoms with Crippen LogP contribution in [-0.4, -0.2) is 66.4 Å². The Morgan fingerprint density at radius 3 is 2.83 bits per heavy atom. The van der Waals surface area contributed by atoms with Crippen LogP contribution >= 0.6 is 0 Å². The van der Waals surface area contributed by atoms with Crippen LogP contribution in [0.2, 0.25) is 0 Å². The minimum Gasteiger partial charge on any atom is -0.371 e. The first-order valence-electron chi connectivity index (χ1n) is 8.73. The zero-order valence-electron chi connectivity index (χ0n) is 14.9. The van der Waals surface area contributed by atoms with Crippen molar-refractivity contribution in [2.45, 2.75) is 50.8 Å². The van der Waals surface area contributed by atoms with E-state index in [0.717, 1.165) is 25.1 Å². The Morgan fingerprint density at radius 1 is 1.46 bits per heavy atom. The molecule has 1 aromatic heterocycles. The molecule has 1 atom stereocenters. The molecule has 24 heavy (non-hydrogen) atoms. The van der Waals surface area contributed by atoms with Gasteiger partial charge in [0, 0.05) is 12.6 Å². The molecule has 2 aliphatic rings. The molecule has 0 bridgehead atoms. The van der Waals surface area contributed by atoms with Gasteiger partial charge in [-0.1, -0.05) is 18.0 Å². The number of hydrogen-bond acceptors (Lipinski definition) is 5. The lowest BCUT2D eigenvalue weighted by molar-refractivity contribution is -0.119. The lowest BCUT2D eigenvalue weighted by Crippen LogP contribution is -2.61. The first kappa shape index (κ1) is 17.2. The highest BCUT2D eigenvalue weighted by Crippen LogP contribution is 2.37. The average molecular weight is 336 g/mol. The molecule has 2 amide bonds.